The molecule has 1 amide bonds. The summed E-state index contributed by atoms with van der Waals surface area (Å²) >= 11 is 0. The summed E-state index contributed by atoms with van der Waals surface area (Å²) in [6.45, 7) is 2.00. The number of carbonyl (C=O) groups excluding carboxylic acids is 1. The smallest absolute Gasteiger partial charge is 0.231 e. The summed E-state index contributed by atoms with van der Waals surface area (Å²) in [4.78, 5) is 16.3. The van der Waals surface area contributed by atoms with E-state index < -0.39 is 5.82 Å². The second kappa shape index (κ2) is 7.29. The van der Waals surface area contributed by atoms with Crippen molar-refractivity contribution < 1.29 is 13.9 Å². The zero-order valence-corrected chi connectivity index (χ0v) is 14.1. The number of amides is 1. The van der Waals surface area contributed by atoms with E-state index in [0.29, 0.717) is 29.2 Å². The number of hydrogen-bond acceptors (Lipinski definition) is 4. The van der Waals surface area contributed by atoms with Crippen LogP contribution in [0.5, 0.6) is 5.88 Å². The Morgan fingerprint density at radius 1 is 1.32 bits per heavy atom. The van der Waals surface area contributed by atoms with Crippen LogP contribution in [0, 0.1) is 5.82 Å². The molecule has 130 valence electrons. The third-order valence-corrected chi connectivity index (χ3v) is 3.80. The Bertz CT molecular complexity index is 907. The summed E-state index contributed by atoms with van der Waals surface area (Å²) in [5.41, 5.74) is 2.12. The van der Waals surface area contributed by atoms with Crippen LogP contribution in [0.2, 0.25) is 0 Å². The molecule has 2 heterocycles. The molecule has 0 atom stereocenters. The molecule has 25 heavy (non-hydrogen) atoms. The molecule has 3 aromatic rings. The zero-order chi connectivity index (χ0) is 17.8. The van der Waals surface area contributed by atoms with Crippen LogP contribution in [-0.2, 0) is 4.79 Å². The molecule has 2 aromatic heterocycles. The van der Waals surface area contributed by atoms with E-state index in [1.54, 1.807) is 42.1 Å². The van der Waals surface area contributed by atoms with Crippen molar-refractivity contribution in [1.29, 1.82) is 0 Å². The molecule has 0 saturated heterocycles. The van der Waals surface area contributed by atoms with E-state index in [1.807, 2.05) is 6.92 Å². The van der Waals surface area contributed by atoms with Crippen LogP contribution in [0.4, 0.5) is 10.1 Å². The second-order valence-corrected chi connectivity index (χ2v) is 5.65. The lowest BCUT2D eigenvalue weighted by Crippen LogP contribution is -2.12. The highest BCUT2D eigenvalue weighted by atomic mass is 19.1. The maximum atomic E-state index is 14.0. The van der Waals surface area contributed by atoms with Crippen LogP contribution in [0.1, 0.15) is 26.2 Å². The number of hydrogen-bond donors (Lipinski definition) is 1. The molecule has 1 aromatic carbocycles. The van der Waals surface area contributed by atoms with Gasteiger partial charge in [-0.3, -0.25) is 4.79 Å². The Hall–Kier alpha value is -2.96. The van der Waals surface area contributed by atoms with Crippen LogP contribution >= 0.6 is 0 Å². The molecule has 0 bridgehead atoms. The minimum Gasteiger partial charge on any atom is -0.480 e. The standard InChI is InChI=1S/C18H19FN4O2/c1-3-4-5-17(24)21-14-10-12(6-7-13(14)19)15-11-23-16(20-15)8-9-18(22-23)25-2/h6-11H,3-5H2,1-2H3,(H,21,24). The summed E-state index contributed by atoms with van der Waals surface area (Å²) in [7, 11) is 1.54. The predicted octanol–water partition coefficient (Wildman–Crippen LogP) is 3.67. The fourth-order valence-electron chi connectivity index (χ4n) is 2.44. The summed E-state index contributed by atoms with van der Waals surface area (Å²) in [6, 6.07) is 8.03. The van der Waals surface area contributed by atoms with E-state index in [9.17, 15) is 9.18 Å². The molecular weight excluding hydrogens is 323 g/mol. The lowest BCUT2D eigenvalue weighted by molar-refractivity contribution is -0.116. The number of aromatic nitrogens is 3. The van der Waals surface area contributed by atoms with Gasteiger partial charge in [0.25, 0.3) is 0 Å². The van der Waals surface area contributed by atoms with Crippen LogP contribution in [0.25, 0.3) is 16.9 Å². The summed E-state index contributed by atoms with van der Waals surface area (Å²) in [5, 5.41) is 6.87. The van der Waals surface area contributed by atoms with Gasteiger partial charge in [-0.15, -0.1) is 5.10 Å². The molecule has 3 rings (SSSR count). The van der Waals surface area contributed by atoms with E-state index in [1.165, 1.54) is 6.07 Å². The number of imidazole rings is 1. The number of fused-ring (bicyclic) bond motifs is 1. The minimum absolute atomic E-state index is 0.154. The molecule has 0 unspecified atom stereocenters. The first kappa shape index (κ1) is 16.9. The third kappa shape index (κ3) is 3.76. The number of methoxy groups -OCH3 is 1. The van der Waals surface area contributed by atoms with Crippen LogP contribution in [0.15, 0.2) is 36.5 Å². The number of carbonyl (C=O) groups is 1. The van der Waals surface area contributed by atoms with Gasteiger partial charge in [0.2, 0.25) is 11.8 Å². The van der Waals surface area contributed by atoms with Gasteiger partial charge in [0.1, 0.15) is 5.82 Å². The predicted molar refractivity (Wildman–Crippen MR) is 93.1 cm³/mol. The highest BCUT2D eigenvalue weighted by molar-refractivity contribution is 5.91. The van der Waals surface area contributed by atoms with Crippen molar-refractivity contribution in [2.45, 2.75) is 26.2 Å². The summed E-state index contributed by atoms with van der Waals surface area (Å²) in [5.74, 6) is -0.198. The van der Waals surface area contributed by atoms with Gasteiger partial charge in [0, 0.05) is 18.1 Å². The number of ether oxygens (including phenoxy) is 1. The SMILES string of the molecule is CCCCC(=O)Nc1cc(-c2cn3nc(OC)ccc3n2)ccc1F. The normalized spacial score (nSPS) is 10.8. The van der Waals surface area contributed by atoms with Crippen molar-refractivity contribution in [1.82, 2.24) is 14.6 Å². The van der Waals surface area contributed by atoms with Gasteiger partial charge in [-0.05, 0) is 30.7 Å². The van der Waals surface area contributed by atoms with Gasteiger partial charge >= 0.3 is 0 Å². The van der Waals surface area contributed by atoms with E-state index in [-0.39, 0.29) is 11.6 Å². The summed E-state index contributed by atoms with van der Waals surface area (Å²) in [6.07, 6.45) is 3.78. The van der Waals surface area contributed by atoms with Crippen molar-refractivity contribution in [3.63, 3.8) is 0 Å². The van der Waals surface area contributed by atoms with Crippen LogP contribution < -0.4 is 10.1 Å². The molecule has 0 spiro atoms. The van der Waals surface area contributed by atoms with Gasteiger partial charge in [-0.1, -0.05) is 13.3 Å². The topological polar surface area (TPSA) is 68.5 Å². The molecule has 1 N–H and O–H groups in total. The zero-order valence-electron chi connectivity index (χ0n) is 14.1. The lowest BCUT2D eigenvalue weighted by Gasteiger charge is -2.07. The highest BCUT2D eigenvalue weighted by Gasteiger charge is 2.11. The molecule has 0 aliphatic heterocycles. The van der Waals surface area contributed by atoms with Gasteiger partial charge < -0.3 is 10.1 Å². The Morgan fingerprint density at radius 3 is 2.92 bits per heavy atom. The van der Waals surface area contributed by atoms with Crippen LogP contribution in [-0.4, -0.2) is 27.6 Å². The maximum Gasteiger partial charge on any atom is 0.231 e. The number of anilines is 1. The van der Waals surface area contributed by atoms with Crippen molar-refractivity contribution in [3.8, 4) is 17.1 Å². The summed E-state index contributed by atoms with van der Waals surface area (Å²) < 4.78 is 20.7. The average molecular weight is 342 g/mol. The number of nitrogens with zero attached hydrogens (tertiary/aromatic N) is 3. The number of benzene rings is 1. The Labute approximate surface area is 144 Å². The van der Waals surface area contributed by atoms with Gasteiger partial charge in [-0.2, -0.15) is 0 Å². The van der Waals surface area contributed by atoms with Crippen molar-refractivity contribution >= 4 is 17.2 Å². The van der Waals surface area contributed by atoms with E-state index in [4.69, 9.17) is 4.74 Å². The fraction of sp³-hybridized carbons (Fsp3) is 0.278. The maximum absolute atomic E-state index is 14.0. The van der Waals surface area contributed by atoms with E-state index >= 15 is 0 Å². The molecule has 0 aliphatic rings. The molecule has 7 heteroatoms. The first-order valence-electron chi connectivity index (χ1n) is 8.11. The Kier molecular flexibility index (Phi) is 4.92. The number of rotatable bonds is 6. The van der Waals surface area contributed by atoms with E-state index in [2.05, 4.69) is 15.4 Å². The van der Waals surface area contributed by atoms with Gasteiger partial charge in [0.05, 0.1) is 24.7 Å². The fourth-order valence-corrected chi connectivity index (χ4v) is 2.44. The molecular formula is C18H19FN4O2. The minimum atomic E-state index is -0.475. The number of nitrogens with one attached hydrogen (secondary N) is 1. The van der Waals surface area contributed by atoms with Crippen LogP contribution in [0.3, 0.4) is 0 Å². The molecule has 0 saturated carbocycles. The highest BCUT2D eigenvalue weighted by Crippen LogP contribution is 2.25. The first-order valence-corrected chi connectivity index (χ1v) is 8.11. The Balaban J connectivity index is 1.89. The van der Waals surface area contributed by atoms with Gasteiger partial charge in [0.15, 0.2) is 5.65 Å². The van der Waals surface area contributed by atoms with Gasteiger partial charge in [-0.25, -0.2) is 13.9 Å². The molecule has 0 fully saturated rings. The largest absolute Gasteiger partial charge is 0.480 e. The monoisotopic (exact) mass is 342 g/mol. The second-order valence-electron chi connectivity index (χ2n) is 5.65. The van der Waals surface area contributed by atoms with Crippen molar-refractivity contribution in [2.24, 2.45) is 0 Å². The molecule has 0 aliphatic carbocycles. The molecule has 0 radical (unpaired) electrons. The quantitative estimate of drug-likeness (QED) is 0.742. The first-order chi connectivity index (χ1) is 12.1. The van der Waals surface area contributed by atoms with E-state index in [0.717, 1.165) is 12.8 Å². The average Bonchev–Trinajstić information content (AvgIpc) is 3.04. The Morgan fingerprint density at radius 2 is 2.16 bits per heavy atom. The number of unbranched alkanes of at least 4 members (excludes halogenated alkanes) is 1. The molecule has 6 nitrogen and oxygen atoms in total. The lowest BCUT2D eigenvalue weighted by atomic mass is 10.1. The number of halogens is 1. The third-order valence-electron chi connectivity index (χ3n) is 3.80. The van der Waals surface area contributed by atoms with Crippen molar-refractivity contribution in [2.75, 3.05) is 12.4 Å². The van der Waals surface area contributed by atoms with Crippen molar-refractivity contribution in [3.05, 3.63) is 42.3 Å².